The lowest BCUT2D eigenvalue weighted by atomic mass is 9.85. The minimum Gasteiger partial charge on any atom is -0.316 e. The van der Waals surface area contributed by atoms with Gasteiger partial charge < -0.3 is 5.32 Å². The minimum absolute atomic E-state index is 0.698. The molecule has 64 valence electrons. The molecule has 0 unspecified atom stereocenters. The zero-order chi connectivity index (χ0) is 7.73. The average Bonchev–Trinajstić information content (AvgIpc) is 2.57. The Morgan fingerprint density at radius 1 is 1.36 bits per heavy atom. The molecule has 0 aromatic heterocycles. The van der Waals surface area contributed by atoms with Gasteiger partial charge in [0.2, 0.25) is 0 Å². The first kappa shape index (κ1) is 7.60. The molecule has 2 fully saturated rings. The lowest BCUT2D eigenvalue weighted by Crippen LogP contribution is -2.30. The molecule has 0 amide bonds. The summed E-state index contributed by atoms with van der Waals surface area (Å²) in [5.74, 6) is 1.03. The average molecular weight is 153 g/mol. The van der Waals surface area contributed by atoms with Gasteiger partial charge in [0.05, 0.1) is 0 Å². The van der Waals surface area contributed by atoms with E-state index in [0.717, 1.165) is 5.92 Å². The van der Waals surface area contributed by atoms with E-state index in [1.54, 1.807) is 0 Å². The van der Waals surface area contributed by atoms with Gasteiger partial charge in [0, 0.05) is 6.54 Å². The fourth-order valence-corrected chi connectivity index (χ4v) is 1.67. The second-order valence-corrected chi connectivity index (χ2v) is 4.74. The van der Waals surface area contributed by atoms with Crippen molar-refractivity contribution in [2.24, 2.45) is 11.3 Å². The molecule has 0 aromatic rings. The normalized spacial score (nSPS) is 28.1. The van der Waals surface area contributed by atoms with Gasteiger partial charge in [0.1, 0.15) is 0 Å². The van der Waals surface area contributed by atoms with Gasteiger partial charge in [-0.05, 0) is 43.6 Å². The third-order valence-corrected chi connectivity index (χ3v) is 3.31. The quantitative estimate of drug-likeness (QED) is 0.652. The lowest BCUT2D eigenvalue weighted by molar-refractivity contribution is 0.294. The maximum atomic E-state index is 3.59. The molecule has 1 heteroatoms. The molecule has 0 atom stereocenters. The van der Waals surface area contributed by atoms with Gasteiger partial charge in [-0.15, -0.1) is 0 Å². The van der Waals surface area contributed by atoms with Crippen LogP contribution in [0.4, 0.5) is 0 Å². The first-order valence-corrected chi connectivity index (χ1v) is 4.99. The minimum atomic E-state index is 0.698. The molecule has 2 aliphatic rings. The van der Waals surface area contributed by atoms with Gasteiger partial charge in [-0.1, -0.05) is 13.3 Å². The van der Waals surface area contributed by atoms with Crippen molar-refractivity contribution < 1.29 is 0 Å². The Balaban J connectivity index is 1.53. The van der Waals surface area contributed by atoms with Crippen LogP contribution in [0.15, 0.2) is 0 Å². The molecule has 0 spiro atoms. The van der Waals surface area contributed by atoms with Gasteiger partial charge in [-0.25, -0.2) is 0 Å². The summed E-state index contributed by atoms with van der Waals surface area (Å²) in [6.07, 6.45) is 7.33. The Bertz CT molecular complexity index is 134. The predicted molar refractivity (Wildman–Crippen MR) is 47.6 cm³/mol. The van der Waals surface area contributed by atoms with Crippen molar-refractivity contribution in [3.63, 3.8) is 0 Å². The zero-order valence-corrected chi connectivity index (χ0v) is 7.53. The second kappa shape index (κ2) is 2.78. The highest BCUT2D eigenvalue weighted by Crippen LogP contribution is 2.44. The SMILES string of the molecule is CC1(CNCC2CCC2)CC1. The summed E-state index contributed by atoms with van der Waals surface area (Å²) >= 11 is 0. The third kappa shape index (κ3) is 1.96. The van der Waals surface area contributed by atoms with Crippen LogP contribution >= 0.6 is 0 Å². The molecule has 0 heterocycles. The molecular weight excluding hydrogens is 134 g/mol. The summed E-state index contributed by atoms with van der Waals surface area (Å²) in [4.78, 5) is 0. The first-order chi connectivity index (χ1) is 5.29. The van der Waals surface area contributed by atoms with Crippen LogP contribution in [0.25, 0.3) is 0 Å². The lowest BCUT2D eigenvalue weighted by Gasteiger charge is -2.26. The molecule has 0 saturated heterocycles. The molecule has 1 N–H and O–H groups in total. The van der Waals surface area contributed by atoms with Gasteiger partial charge in [-0.2, -0.15) is 0 Å². The molecule has 2 aliphatic carbocycles. The van der Waals surface area contributed by atoms with Crippen molar-refractivity contribution in [1.82, 2.24) is 5.32 Å². The van der Waals surface area contributed by atoms with Crippen molar-refractivity contribution >= 4 is 0 Å². The van der Waals surface area contributed by atoms with Crippen LogP contribution in [-0.4, -0.2) is 13.1 Å². The van der Waals surface area contributed by atoms with Crippen LogP contribution in [0.2, 0.25) is 0 Å². The van der Waals surface area contributed by atoms with Crippen LogP contribution in [0.1, 0.15) is 39.0 Å². The fourth-order valence-electron chi connectivity index (χ4n) is 1.67. The van der Waals surface area contributed by atoms with E-state index in [0.29, 0.717) is 5.41 Å². The van der Waals surface area contributed by atoms with Gasteiger partial charge >= 0.3 is 0 Å². The molecule has 2 rings (SSSR count). The number of hydrogen-bond donors (Lipinski definition) is 1. The maximum absolute atomic E-state index is 3.59. The van der Waals surface area contributed by atoms with E-state index in [4.69, 9.17) is 0 Å². The van der Waals surface area contributed by atoms with Crippen LogP contribution in [0, 0.1) is 11.3 Å². The number of nitrogens with one attached hydrogen (secondary N) is 1. The first-order valence-electron chi connectivity index (χ1n) is 4.99. The summed E-state index contributed by atoms with van der Waals surface area (Å²) in [5.41, 5.74) is 0.698. The predicted octanol–water partition coefficient (Wildman–Crippen LogP) is 2.18. The highest BCUT2D eigenvalue weighted by atomic mass is 14.9. The zero-order valence-electron chi connectivity index (χ0n) is 7.53. The number of hydrogen-bond acceptors (Lipinski definition) is 1. The van der Waals surface area contributed by atoms with Crippen molar-refractivity contribution in [2.75, 3.05) is 13.1 Å². The van der Waals surface area contributed by atoms with Crippen molar-refractivity contribution in [2.45, 2.75) is 39.0 Å². The van der Waals surface area contributed by atoms with Crippen molar-refractivity contribution in [1.29, 1.82) is 0 Å². The molecule has 0 aromatic carbocycles. The van der Waals surface area contributed by atoms with E-state index >= 15 is 0 Å². The van der Waals surface area contributed by atoms with Gasteiger partial charge in [0.15, 0.2) is 0 Å². The summed E-state index contributed by atoms with van der Waals surface area (Å²) in [6, 6.07) is 0. The Labute approximate surface area is 69.6 Å². The van der Waals surface area contributed by atoms with Crippen LogP contribution in [0.3, 0.4) is 0 Å². The highest BCUT2D eigenvalue weighted by molar-refractivity contribution is 4.90. The van der Waals surface area contributed by atoms with E-state index in [9.17, 15) is 0 Å². The van der Waals surface area contributed by atoms with Gasteiger partial charge in [0.25, 0.3) is 0 Å². The van der Waals surface area contributed by atoms with Gasteiger partial charge in [-0.3, -0.25) is 0 Å². The Morgan fingerprint density at radius 3 is 2.55 bits per heavy atom. The maximum Gasteiger partial charge on any atom is 0.000528 e. The van der Waals surface area contributed by atoms with Crippen molar-refractivity contribution in [3.8, 4) is 0 Å². The molecule has 0 bridgehead atoms. The Morgan fingerprint density at radius 2 is 2.09 bits per heavy atom. The van der Waals surface area contributed by atoms with E-state index in [1.807, 2.05) is 0 Å². The fraction of sp³-hybridized carbons (Fsp3) is 1.00. The van der Waals surface area contributed by atoms with E-state index in [1.165, 1.54) is 45.2 Å². The Hall–Kier alpha value is -0.0400. The third-order valence-electron chi connectivity index (χ3n) is 3.31. The Kier molecular flexibility index (Phi) is 1.92. The molecule has 2 saturated carbocycles. The van der Waals surface area contributed by atoms with E-state index in [2.05, 4.69) is 12.2 Å². The molecule has 11 heavy (non-hydrogen) atoms. The molecular formula is C10H19N. The summed E-state index contributed by atoms with van der Waals surface area (Å²) < 4.78 is 0. The molecule has 0 radical (unpaired) electrons. The monoisotopic (exact) mass is 153 g/mol. The van der Waals surface area contributed by atoms with Crippen LogP contribution < -0.4 is 5.32 Å². The summed E-state index contributed by atoms with van der Waals surface area (Å²) in [5, 5.41) is 3.59. The van der Waals surface area contributed by atoms with Crippen LogP contribution in [0.5, 0.6) is 0 Å². The largest absolute Gasteiger partial charge is 0.316 e. The highest BCUT2D eigenvalue weighted by Gasteiger charge is 2.36. The summed E-state index contributed by atoms with van der Waals surface area (Å²) in [6.45, 7) is 4.94. The summed E-state index contributed by atoms with van der Waals surface area (Å²) in [7, 11) is 0. The second-order valence-electron chi connectivity index (χ2n) is 4.74. The molecule has 1 nitrogen and oxygen atoms in total. The van der Waals surface area contributed by atoms with E-state index in [-0.39, 0.29) is 0 Å². The number of rotatable bonds is 4. The van der Waals surface area contributed by atoms with E-state index < -0.39 is 0 Å². The standard InChI is InChI=1S/C10H19N/c1-10(5-6-10)8-11-7-9-3-2-4-9/h9,11H,2-8H2,1H3. The van der Waals surface area contributed by atoms with Crippen molar-refractivity contribution in [3.05, 3.63) is 0 Å². The molecule has 0 aliphatic heterocycles. The van der Waals surface area contributed by atoms with Crippen LogP contribution in [-0.2, 0) is 0 Å². The topological polar surface area (TPSA) is 12.0 Å². The smallest absolute Gasteiger partial charge is 0.000528 e.